The van der Waals surface area contributed by atoms with Gasteiger partial charge < -0.3 is 5.32 Å². The number of hydrogen-bond acceptors (Lipinski definition) is 3. The summed E-state index contributed by atoms with van der Waals surface area (Å²) in [7, 11) is -3.73. The highest BCUT2D eigenvalue weighted by Crippen LogP contribution is 2.28. The van der Waals surface area contributed by atoms with Crippen LogP contribution in [0, 0.1) is 11.6 Å². The van der Waals surface area contributed by atoms with Crippen LogP contribution in [0.4, 0.5) is 8.78 Å². The van der Waals surface area contributed by atoms with Crippen LogP contribution >= 0.6 is 0 Å². The number of halogens is 2. The second-order valence-corrected chi connectivity index (χ2v) is 6.60. The number of nitrogens with one attached hydrogen (secondary N) is 1. The molecule has 2 rings (SSSR count). The van der Waals surface area contributed by atoms with Crippen molar-refractivity contribution in [3.63, 3.8) is 0 Å². The minimum absolute atomic E-state index is 0.0955. The minimum Gasteiger partial charge on any atom is -0.316 e. The summed E-state index contributed by atoms with van der Waals surface area (Å²) in [4.78, 5) is -0.576. The van der Waals surface area contributed by atoms with Gasteiger partial charge in [0, 0.05) is 12.8 Å². The number of rotatable bonds is 2. The normalized spacial score (nSPS) is 20.9. The monoisotopic (exact) mass is 275 g/mol. The molecule has 1 aliphatic rings. The number of hydrogen-bond donors (Lipinski definition) is 1. The van der Waals surface area contributed by atoms with E-state index in [2.05, 4.69) is 5.32 Å². The maximum absolute atomic E-state index is 13.9. The van der Waals surface area contributed by atoms with Crippen LogP contribution in [0.1, 0.15) is 24.3 Å². The van der Waals surface area contributed by atoms with Crippen molar-refractivity contribution in [3.8, 4) is 0 Å². The maximum Gasteiger partial charge on any atom is 0.178 e. The highest BCUT2D eigenvalue weighted by Gasteiger charge is 2.23. The number of piperidine rings is 1. The van der Waals surface area contributed by atoms with E-state index in [9.17, 15) is 17.2 Å². The molecule has 0 spiro atoms. The predicted octanol–water partition coefficient (Wildman–Crippen LogP) is 1.84. The molecule has 1 unspecified atom stereocenters. The van der Waals surface area contributed by atoms with Crippen molar-refractivity contribution in [3.05, 3.63) is 29.3 Å². The quantitative estimate of drug-likeness (QED) is 0.895. The smallest absolute Gasteiger partial charge is 0.178 e. The van der Waals surface area contributed by atoms with Crippen molar-refractivity contribution in [1.29, 1.82) is 0 Å². The summed E-state index contributed by atoms with van der Waals surface area (Å²) in [5, 5.41) is 3.12. The molecule has 1 atom stereocenters. The lowest BCUT2D eigenvalue weighted by Crippen LogP contribution is -2.29. The first-order valence-electron chi connectivity index (χ1n) is 5.79. The van der Waals surface area contributed by atoms with Crippen LogP contribution in [-0.4, -0.2) is 27.8 Å². The van der Waals surface area contributed by atoms with E-state index in [-0.39, 0.29) is 11.5 Å². The van der Waals surface area contributed by atoms with Gasteiger partial charge in [-0.15, -0.1) is 0 Å². The lowest BCUT2D eigenvalue weighted by molar-refractivity contribution is 0.441. The van der Waals surface area contributed by atoms with E-state index >= 15 is 0 Å². The standard InChI is InChI=1S/C12H15F2NO2S/c1-18(16,17)12-6-10(13)9(5-11(12)14)8-3-2-4-15-7-8/h5-6,8,15H,2-4,7H2,1H3. The molecule has 1 saturated heterocycles. The highest BCUT2D eigenvalue weighted by atomic mass is 32.2. The molecule has 0 saturated carbocycles. The third kappa shape index (κ3) is 2.70. The van der Waals surface area contributed by atoms with E-state index < -0.39 is 26.4 Å². The van der Waals surface area contributed by atoms with E-state index in [1.807, 2.05) is 0 Å². The zero-order valence-corrected chi connectivity index (χ0v) is 10.9. The molecule has 1 heterocycles. The summed E-state index contributed by atoms with van der Waals surface area (Å²) in [6.07, 6.45) is 2.55. The van der Waals surface area contributed by atoms with Gasteiger partial charge in [0.2, 0.25) is 0 Å². The van der Waals surface area contributed by atoms with Crippen LogP contribution in [-0.2, 0) is 9.84 Å². The van der Waals surface area contributed by atoms with Crippen molar-refractivity contribution >= 4 is 9.84 Å². The molecule has 1 N–H and O–H groups in total. The molecule has 18 heavy (non-hydrogen) atoms. The molecule has 1 aromatic carbocycles. The molecule has 0 aromatic heterocycles. The number of benzene rings is 1. The lowest BCUT2D eigenvalue weighted by Gasteiger charge is -2.23. The Kier molecular flexibility index (Phi) is 3.68. The highest BCUT2D eigenvalue weighted by molar-refractivity contribution is 7.90. The van der Waals surface area contributed by atoms with E-state index in [4.69, 9.17) is 0 Å². The number of sulfone groups is 1. The van der Waals surface area contributed by atoms with Gasteiger partial charge >= 0.3 is 0 Å². The fourth-order valence-corrected chi connectivity index (χ4v) is 2.99. The van der Waals surface area contributed by atoms with Gasteiger partial charge in [-0.2, -0.15) is 0 Å². The van der Waals surface area contributed by atoms with Gasteiger partial charge in [-0.05, 0) is 43.0 Å². The van der Waals surface area contributed by atoms with Crippen molar-refractivity contribution in [2.24, 2.45) is 0 Å². The van der Waals surface area contributed by atoms with Crippen molar-refractivity contribution < 1.29 is 17.2 Å². The van der Waals surface area contributed by atoms with Crippen LogP contribution in [0.2, 0.25) is 0 Å². The molecule has 0 amide bonds. The second-order valence-electron chi connectivity index (χ2n) is 4.62. The van der Waals surface area contributed by atoms with Crippen LogP contribution in [0.5, 0.6) is 0 Å². The lowest BCUT2D eigenvalue weighted by atomic mass is 9.91. The zero-order chi connectivity index (χ0) is 13.3. The summed E-state index contributed by atoms with van der Waals surface area (Å²) in [6, 6.07) is 1.80. The topological polar surface area (TPSA) is 46.2 Å². The molecule has 1 fully saturated rings. The van der Waals surface area contributed by atoms with Gasteiger partial charge in [-0.1, -0.05) is 0 Å². The molecule has 0 radical (unpaired) electrons. The molecule has 0 bridgehead atoms. The first-order chi connectivity index (χ1) is 8.39. The van der Waals surface area contributed by atoms with Gasteiger partial charge in [0.05, 0.1) is 0 Å². The fourth-order valence-electron chi connectivity index (χ4n) is 2.26. The Morgan fingerprint density at radius 2 is 2.00 bits per heavy atom. The molecule has 1 aliphatic heterocycles. The van der Waals surface area contributed by atoms with Gasteiger partial charge in [-0.3, -0.25) is 0 Å². The van der Waals surface area contributed by atoms with E-state index in [0.29, 0.717) is 6.54 Å². The van der Waals surface area contributed by atoms with E-state index in [1.165, 1.54) is 0 Å². The summed E-state index contributed by atoms with van der Waals surface area (Å²) < 4.78 is 50.1. The first kappa shape index (κ1) is 13.4. The Bertz CT molecular complexity index is 551. The third-order valence-corrected chi connectivity index (χ3v) is 4.30. The Labute approximate surface area is 105 Å². The van der Waals surface area contributed by atoms with Crippen molar-refractivity contribution in [2.45, 2.75) is 23.7 Å². The minimum atomic E-state index is -3.73. The van der Waals surface area contributed by atoms with Crippen LogP contribution in [0.15, 0.2) is 17.0 Å². The van der Waals surface area contributed by atoms with Gasteiger partial charge in [0.25, 0.3) is 0 Å². The summed E-state index contributed by atoms with van der Waals surface area (Å²) in [6.45, 7) is 1.47. The van der Waals surface area contributed by atoms with Crippen LogP contribution < -0.4 is 5.32 Å². The maximum atomic E-state index is 13.9. The molecule has 1 aromatic rings. The predicted molar refractivity (Wildman–Crippen MR) is 64.3 cm³/mol. The summed E-state index contributed by atoms with van der Waals surface area (Å²) >= 11 is 0. The SMILES string of the molecule is CS(=O)(=O)c1cc(F)c(C2CCCNC2)cc1F. The van der Waals surface area contributed by atoms with Crippen molar-refractivity contribution in [1.82, 2.24) is 5.32 Å². The first-order valence-corrected chi connectivity index (χ1v) is 7.68. The Morgan fingerprint density at radius 3 is 2.56 bits per heavy atom. The summed E-state index contributed by atoms with van der Waals surface area (Å²) in [5.41, 5.74) is 0.257. The molecule has 0 aliphatic carbocycles. The molecule has 6 heteroatoms. The fraction of sp³-hybridized carbons (Fsp3) is 0.500. The molecular formula is C12H15F2NO2S. The average molecular weight is 275 g/mol. The Balaban J connectivity index is 2.42. The van der Waals surface area contributed by atoms with Gasteiger partial charge in [-0.25, -0.2) is 17.2 Å². The molecular weight excluding hydrogens is 260 g/mol. The second kappa shape index (κ2) is 4.93. The zero-order valence-electron chi connectivity index (χ0n) is 10.0. The van der Waals surface area contributed by atoms with Crippen molar-refractivity contribution in [2.75, 3.05) is 19.3 Å². The van der Waals surface area contributed by atoms with E-state index in [0.717, 1.165) is 37.8 Å². The molecule has 3 nitrogen and oxygen atoms in total. The Hall–Kier alpha value is -1.01. The van der Waals surface area contributed by atoms with Gasteiger partial charge in [0.15, 0.2) is 9.84 Å². The van der Waals surface area contributed by atoms with Gasteiger partial charge in [0.1, 0.15) is 16.5 Å². The molecule has 100 valence electrons. The average Bonchev–Trinajstić information content (AvgIpc) is 2.31. The van der Waals surface area contributed by atoms with Crippen LogP contribution in [0.3, 0.4) is 0 Å². The summed E-state index contributed by atoms with van der Waals surface area (Å²) in [5.74, 6) is -1.62. The largest absolute Gasteiger partial charge is 0.316 e. The van der Waals surface area contributed by atoms with Crippen LogP contribution in [0.25, 0.3) is 0 Å². The van der Waals surface area contributed by atoms with E-state index in [1.54, 1.807) is 0 Å². The third-order valence-electron chi connectivity index (χ3n) is 3.19. The Morgan fingerprint density at radius 1 is 1.28 bits per heavy atom.